The molecule has 1 unspecified atom stereocenters. The molecule has 138 valence electrons. The van der Waals surface area contributed by atoms with E-state index in [2.05, 4.69) is 0 Å². The number of anilines is 1. The van der Waals surface area contributed by atoms with Crippen molar-refractivity contribution in [2.45, 2.75) is 39.8 Å². The van der Waals surface area contributed by atoms with Gasteiger partial charge in [0.2, 0.25) is 11.8 Å². The molecule has 1 fully saturated rings. The van der Waals surface area contributed by atoms with Crippen LogP contribution in [0.2, 0.25) is 0 Å². The summed E-state index contributed by atoms with van der Waals surface area (Å²) in [6.45, 7) is 4.42. The zero-order valence-electron chi connectivity index (χ0n) is 14.7. The van der Waals surface area contributed by atoms with Crippen molar-refractivity contribution >= 4 is 17.5 Å². The topological polar surface area (TPSA) is 40.6 Å². The van der Waals surface area contributed by atoms with Crippen LogP contribution in [-0.4, -0.2) is 42.5 Å². The summed E-state index contributed by atoms with van der Waals surface area (Å²) in [6.07, 6.45) is -4.06. The van der Waals surface area contributed by atoms with E-state index in [1.165, 1.54) is 4.90 Å². The Kier molecular flexibility index (Phi) is 5.75. The average molecular weight is 356 g/mol. The van der Waals surface area contributed by atoms with Crippen LogP contribution in [0.1, 0.15) is 30.9 Å². The van der Waals surface area contributed by atoms with Crippen molar-refractivity contribution in [2.75, 3.05) is 24.5 Å². The van der Waals surface area contributed by atoms with Gasteiger partial charge >= 0.3 is 6.18 Å². The van der Waals surface area contributed by atoms with E-state index in [1.807, 2.05) is 26.0 Å². The number of aryl methyl sites for hydroxylation is 1. The molecule has 0 radical (unpaired) electrons. The van der Waals surface area contributed by atoms with Crippen molar-refractivity contribution < 1.29 is 22.8 Å². The molecule has 1 aromatic rings. The number of benzene rings is 1. The first-order chi connectivity index (χ1) is 11.6. The van der Waals surface area contributed by atoms with Crippen molar-refractivity contribution in [2.24, 2.45) is 5.92 Å². The molecule has 0 aromatic heterocycles. The number of carbonyl (C=O) groups excluding carboxylic acids is 2. The summed E-state index contributed by atoms with van der Waals surface area (Å²) in [4.78, 5) is 27.2. The standard InChI is InChI=1S/C18H23F3N2O2/c1-4-8-22(11-18(19,20)21)17(25)14-9-16(24)23(10-14)15-7-5-6-12(2)13(15)3/h5-7,14H,4,8-11H2,1-3H3. The number of hydrogen-bond acceptors (Lipinski definition) is 2. The zero-order chi connectivity index (χ0) is 18.8. The van der Waals surface area contributed by atoms with E-state index >= 15 is 0 Å². The molecule has 1 aliphatic rings. The summed E-state index contributed by atoms with van der Waals surface area (Å²) in [5, 5.41) is 0. The number of hydrogen-bond donors (Lipinski definition) is 0. The van der Waals surface area contributed by atoms with Crippen LogP contribution in [0.25, 0.3) is 0 Å². The lowest BCUT2D eigenvalue weighted by atomic mass is 10.1. The highest BCUT2D eigenvalue weighted by atomic mass is 19.4. The molecule has 0 bridgehead atoms. The lowest BCUT2D eigenvalue weighted by molar-refractivity contribution is -0.163. The van der Waals surface area contributed by atoms with Crippen LogP contribution in [0.15, 0.2) is 18.2 Å². The van der Waals surface area contributed by atoms with E-state index in [9.17, 15) is 22.8 Å². The largest absolute Gasteiger partial charge is 0.406 e. The minimum atomic E-state index is -4.44. The van der Waals surface area contributed by atoms with Crippen LogP contribution in [0, 0.1) is 19.8 Å². The highest BCUT2D eigenvalue weighted by molar-refractivity contribution is 6.00. The molecule has 0 N–H and O–H groups in total. The Morgan fingerprint density at radius 1 is 1.32 bits per heavy atom. The molecule has 0 spiro atoms. The van der Waals surface area contributed by atoms with Crippen LogP contribution in [0.3, 0.4) is 0 Å². The molecule has 1 heterocycles. The van der Waals surface area contributed by atoms with Crippen molar-refractivity contribution in [1.82, 2.24) is 4.90 Å². The van der Waals surface area contributed by atoms with Crippen LogP contribution in [-0.2, 0) is 9.59 Å². The van der Waals surface area contributed by atoms with Crippen molar-refractivity contribution in [3.05, 3.63) is 29.3 Å². The van der Waals surface area contributed by atoms with E-state index in [1.54, 1.807) is 13.0 Å². The molecule has 25 heavy (non-hydrogen) atoms. The van der Waals surface area contributed by atoms with E-state index < -0.39 is 24.5 Å². The number of carbonyl (C=O) groups is 2. The van der Waals surface area contributed by atoms with Gasteiger partial charge in [-0.2, -0.15) is 13.2 Å². The molecule has 2 amide bonds. The molecule has 4 nitrogen and oxygen atoms in total. The van der Waals surface area contributed by atoms with Crippen molar-refractivity contribution in [1.29, 1.82) is 0 Å². The van der Waals surface area contributed by atoms with Gasteiger partial charge in [-0.15, -0.1) is 0 Å². The van der Waals surface area contributed by atoms with Gasteiger partial charge in [-0.3, -0.25) is 9.59 Å². The molecule has 1 saturated heterocycles. The van der Waals surface area contributed by atoms with E-state index in [-0.39, 0.29) is 25.4 Å². The van der Waals surface area contributed by atoms with Crippen LogP contribution >= 0.6 is 0 Å². The maximum absolute atomic E-state index is 12.7. The predicted octanol–water partition coefficient (Wildman–Crippen LogP) is 3.46. The quantitative estimate of drug-likeness (QED) is 0.811. The number of nitrogens with zero attached hydrogens (tertiary/aromatic N) is 2. The van der Waals surface area contributed by atoms with E-state index in [0.29, 0.717) is 6.42 Å². The minimum absolute atomic E-state index is 0.0342. The number of halogens is 3. The third kappa shape index (κ3) is 4.52. The smallest absolute Gasteiger partial charge is 0.333 e. The second-order valence-corrected chi connectivity index (χ2v) is 6.50. The fourth-order valence-electron chi connectivity index (χ4n) is 3.15. The van der Waals surface area contributed by atoms with Crippen molar-refractivity contribution in [3.8, 4) is 0 Å². The maximum atomic E-state index is 12.7. The first-order valence-electron chi connectivity index (χ1n) is 8.36. The first-order valence-corrected chi connectivity index (χ1v) is 8.36. The van der Waals surface area contributed by atoms with Gasteiger partial charge in [0.1, 0.15) is 6.54 Å². The normalized spacial score (nSPS) is 17.9. The molecular formula is C18H23F3N2O2. The Hall–Kier alpha value is -2.05. The number of alkyl halides is 3. The van der Waals surface area contributed by atoms with Gasteiger partial charge in [0.05, 0.1) is 5.92 Å². The Balaban J connectivity index is 2.17. The summed E-state index contributed by atoms with van der Waals surface area (Å²) in [5.41, 5.74) is 2.67. The first kappa shape index (κ1) is 19.3. The SMILES string of the molecule is CCCN(CC(F)(F)F)C(=O)C1CC(=O)N(c2cccc(C)c2C)C1. The summed E-state index contributed by atoms with van der Waals surface area (Å²) in [5.74, 6) is -1.56. The Labute approximate surface area is 145 Å². The average Bonchev–Trinajstić information content (AvgIpc) is 2.89. The highest BCUT2D eigenvalue weighted by Crippen LogP contribution is 2.30. The summed E-state index contributed by atoms with van der Waals surface area (Å²) in [6, 6.07) is 5.55. The van der Waals surface area contributed by atoms with Gasteiger partial charge in [0.25, 0.3) is 0 Å². The number of amides is 2. The van der Waals surface area contributed by atoms with Gasteiger partial charge in [-0.25, -0.2) is 0 Å². The molecular weight excluding hydrogens is 333 g/mol. The van der Waals surface area contributed by atoms with Gasteiger partial charge in [0, 0.05) is 25.2 Å². The summed E-state index contributed by atoms with van der Waals surface area (Å²) < 4.78 is 38.2. The summed E-state index contributed by atoms with van der Waals surface area (Å²) in [7, 11) is 0. The van der Waals surface area contributed by atoms with Crippen molar-refractivity contribution in [3.63, 3.8) is 0 Å². The fraction of sp³-hybridized carbons (Fsp3) is 0.556. The molecule has 1 aliphatic heterocycles. The Bertz CT molecular complexity index is 658. The molecule has 0 aliphatic carbocycles. The lowest BCUT2D eigenvalue weighted by Gasteiger charge is -2.26. The highest BCUT2D eigenvalue weighted by Gasteiger charge is 2.40. The third-order valence-corrected chi connectivity index (χ3v) is 4.52. The van der Waals surface area contributed by atoms with Crippen LogP contribution < -0.4 is 4.90 Å². The Morgan fingerprint density at radius 3 is 2.60 bits per heavy atom. The predicted molar refractivity (Wildman–Crippen MR) is 89.3 cm³/mol. The van der Waals surface area contributed by atoms with Gasteiger partial charge in [0.15, 0.2) is 0 Å². The maximum Gasteiger partial charge on any atom is 0.406 e. The third-order valence-electron chi connectivity index (χ3n) is 4.52. The zero-order valence-corrected chi connectivity index (χ0v) is 14.7. The number of rotatable bonds is 5. The monoisotopic (exact) mass is 356 g/mol. The van der Waals surface area contributed by atoms with Crippen LogP contribution in [0.5, 0.6) is 0 Å². The fourth-order valence-corrected chi connectivity index (χ4v) is 3.15. The molecule has 7 heteroatoms. The van der Waals surface area contributed by atoms with E-state index in [0.717, 1.165) is 21.7 Å². The summed E-state index contributed by atoms with van der Waals surface area (Å²) >= 11 is 0. The molecule has 2 rings (SSSR count). The van der Waals surface area contributed by atoms with Gasteiger partial charge in [-0.1, -0.05) is 19.1 Å². The second kappa shape index (κ2) is 7.45. The second-order valence-electron chi connectivity index (χ2n) is 6.50. The van der Waals surface area contributed by atoms with Gasteiger partial charge < -0.3 is 9.80 Å². The molecule has 0 saturated carbocycles. The van der Waals surface area contributed by atoms with Gasteiger partial charge in [-0.05, 0) is 37.5 Å². The van der Waals surface area contributed by atoms with E-state index in [4.69, 9.17) is 0 Å². The minimum Gasteiger partial charge on any atom is -0.333 e. The lowest BCUT2D eigenvalue weighted by Crippen LogP contribution is -2.43. The molecule has 1 aromatic carbocycles. The Morgan fingerprint density at radius 2 is 2.00 bits per heavy atom. The van der Waals surface area contributed by atoms with Crippen LogP contribution in [0.4, 0.5) is 18.9 Å². The molecule has 1 atom stereocenters.